The Balaban J connectivity index is 1.88. The first-order valence-corrected chi connectivity index (χ1v) is 8.66. The number of aldehydes is 1. The van der Waals surface area contributed by atoms with Crippen molar-refractivity contribution in [1.29, 1.82) is 0 Å². The smallest absolute Gasteiger partial charge is 0.340 e. The summed E-state index contributed by atoms with van der Waals surface area (Å²) >= 11 is 0. The molecule has 3 N–H and O–H groups in total. The number of methoxy groups -OCH3 is 1. The molecule has 2 aliphatic rings. The summed E-state index contributed by atoms with van der Waals surface area (Å²) in [4.78, 5) is 29.8. The van der Waals surface area contributed by atoms with Gasteiger partial charge in [0.15, 0.2) is 6.10 Å². The van der Waals surface area contributed by atoms with Crippen molar-refractivity contribution in [2.24, 2.45) is 0 Å². The minimum atomic E-state index is -1.50. The minimum absolute atomic E-state index is 0.156. The molecule has 1 atom stereocenters. The van der Waals surface area contributed by atoms with E-state index in [4.69, 9.17) is 20.2 Å². The highest BCUT2D eigenvalue weighted by atomic mass is 16.5. The summed E-state index contributed by atoms with van der Waals surface area (Å²) in [5.74, 6) is -0.238. The van der Waals surface area contributed by atoms with E-state index in [1.807, 2.05) is 24.1 Å². The average Bonchev–Trinajstić information content (AvgIpc) is 2.97. The van der Waals surface area contributed by atoms with Crippen LogP contribution in [0.4, 0.5) is 5.69 Å². The molecule has 4 rings (SSSR count). The Hall–Kier alpha value is -3.39. The zero-order valence-corrected chi connectivity index (χ0v) is 15.4. The number of nitrogens with two attached hydrogens (primary N) is 1. The van der Waals surface area contributed by atoms with Gasteiger partial charge in [-0.2, -0.15) is 0 Å². The van der Waals surface area contributed by atoms with Crippen LogP contribution in [0, 0.1) is 0 Å². The van der Waals surface area contributed by atoms with Crippen molar-refractivity contribution < 1.29 is 24.2 Å². The van der Waals surface area contributed by atoms with Gasteiger partial charge in [-0.15, -0.1) is 0 Å². The molecule has 0 spiro atoms. The van der Waals surface area contributed by atoms with E-state index in [0.717, 1.165) is 10.9 Å². The number of aliphatic hydroxyl groups excluding tert-OH is 1. The third-order valence-corrected chi connectivity index (χ3v) is 5.00. The molecular weight excluding hydrogens is 362 g/mol. The molecule has 0 amide bonds. The fourth-order valence-corrected chi connectivity index (χ4v) is 3.52. The van der Waals surface area contributed by atoms with Gasteiger partial charge in [-0.1, -0.05) is 0 Å². The highest BCUT2D eigenvalue weighted by Gasteiger charge is 2.31. The van der Waals surface area contributed by atoms with Gasteiger partial charge in [0.2, 0.25) is 0 Å². The van der Waals surface area contributed by atoms with E-state index in [2.05, 4.69) is 0 Å². The van der Waals surface area contributed by atoms with Crippen LogP contribution in [-0.4, -0.2) is 54.1 Å². The van der Waals surface area contributed by atoms with E-state index in [9.17, 15) is 14.7 Å². The number of benzene rings is 1. The van der Waals surface area contributed by atoms with Gasteiger partial charge in [-0.3, -0.25) is 4.79 Å². The van der Waals surface area contributed by atoms with E-state index in [-0.39, 0.29) is 17.8 Å². The van der Waals surface area contributed by atoms with E-state index in [1.54, 1.807) is 19.3 Å². The number of pyridine rings is 1. The second-order valence-corrected chi connectivity index (χ2v) is 6.78. The van der Waals surface area contributed by atoms with Crippen LogP contribution in [0.25, 0.3) is 16.6 Å². The summed E-state index contributed by atoms with van der Waals surface area (Å²) in [6.45, 7) is 0.441. The van der Waals surface area contributed by atoms with Crippen molar-refractivity contribution in [3.8, 4) is 5.75 Å². The number of rotatable bonds is 3. The van der Waals surface area contributed by atoms with E-state index in [0.29, 0.717) is 41.2 Å². The van der Waals surface area contributed by atoms with Crippen molar-refractivity contribution >= 4 is 34.5 Å². The predicted octanol–water partition coefficient (Wildman–Crippen LogP) is 1.03. The van der Waals surface area contributed by atoms with Crippen LogP contribution in [0.1, 0.15) is 11.3 Å². The number of fused-ring (bicyclic) bond motifs is 2. The van der Waals surface area contributed by atoms with Gasteiger partial charge in [-0.05, 0) is 23.8 Å². The number of hydrogen-bond acceptors (Lipinski definition) is 8. The van der Waals surface area contributed by atoms with E-state index >= 15 is 0 Å². The van der Waals surface area contributed by atoms with Gasteiger partial charge < -0.3 is 25.2 Å². The molecule has 0 saturated carbocycles. The summed E-state index contributed by atoms with van der Waals surface area (Å²) in [6.07, 6.45) is 0.729. The zero-order valence-electron chi connectivity index (χ0n) is 15.4. The fraction of sp³-hybridized carbons (Fsp3) is 0.250. The van der Waals surface area contributed by atoms with E-state index in [1.165, 1.54) is 0 Å². The largest absolute Gasteiger partial charge is 0.495 e. The number of cyclic esters (lactones) is 1. The number of anilines is 1. The standard InChI is InChI=1S/C20H19N3O5/c1-23-7-11-3-10-4-14(21)17(27-2)6-15(10)22-18(11)16(23)5-13-12(8-24)9-28-20(26)19(13)25/h3-6,8,19,25H,7,9,21H2,1-2H3/b16-5-. The average molecular weight is 381 g/mol. The summed E-state index contributed by atoms with van der Waals surface area (Å²) in [5, 5.41) is 11.1. The first-order chi connectivity index (χ1) is 13.4. The molecule has 0 saturated heterocycles. The Morgan fingerprint density at radius 2 is 2.18 bits per heavy atom. The molecule has 28 heavy (non-hydrogen) atoms. The van der Waals surface area contributed by atoms with Crippen LogP contribution >= 0.6 is 0 Å². The molecule has 144 valence electrons. The molecular formula is C20H19N3O5. The molecule has 0 bridgehead atoms. The molecule has 2 aliphatic heterocycles. The number of aliphatic hydroxyl groups is 1. The summed E-state index contributed by atoms with van der Waals surface area (Å²) in [6, 6.07) is 5.59. The molecule has 1 aromatic carbocycles. The monoisotopic (exact) mass is 381 g/mol. The predicted molar refractivity (Wildman–Crippen MR) is 102 cm³/mol. The number of carbonyl (C=O) groups is 2. The number of carbonyl (C=O) groups excluding carboxylic acids is 2. The van der Waals surface area contributed by atoms with Crippen molar-refractivity contribution in [3.63, 3.8) is 0 Å². The molecule has 1 unspecified atom stereocenters. The maximum Gasteiger partial charge on any atom is 0.340 e. The number of nitrogen functional groups attached to an aromatic ring is 1. The molecule has 2 aromatic rings. The maximum atomic E-state index is 11.7. The van der Waals surface area contributed by atoms with Gasteiger partial charge in [-0.25, -0.2) is 9.78 Å². The lowest BCUT2D eigenvalue weighted by Gasteiger charge is -2.21. The van der Waals surface area contributed by atoms with Gasteiger partial charge >= 0.3 is 5.97 Å². The number of hydrogen-bond donors (Lipinski definition) is 2. The molecule has 1 aromatic heterocycles. The van der Waals surface area contributed by atoms with Crippen LogP contribution in [0.5, 0.6) is 5.75 Å². The van der Waals surface area contributed by atoms with Crippen LogP contribution in [-0.2, 0) is 20.9 Å². The Bertz CT molecular complexity index is 1070. The lowest BCUT2D eigenvalue weighted by molar-refractivity contribution is -0.151. The molecule has 0 fully saturated rings. The third kappa shape index (κ3) is 2.78. The van der Waals surface area contributed by atoms with Gasteiger partial charge in [0, 0.05) is 36.2 Å². The first kappa shape index (κ1) is 18.0. The minimum Gasteiger partial charge on any atom is -0.495 e. The lowest BCUT2D eigenvalue weighted by atomic mass is 9.99. The van der Waals surface area contributed by atoms with E-state index < -0.39 is 12.1 Å². The molecule has 8 heteroatoms. The van der Waals surface area contributed by atoms with Gasteiger partial charge in [0.25, 0.3) is 0 Å². The van der Waals surface area contributed by atoms with Crippen molar-refractivity contribution in [1.82, 2.24) is 9.88 Å². The number of esters is 1. The highest BCUT2D eigenvalue weighted by Crippen LogP contribution is 2.36. The molecule has 0 aliphatic carbocycles. The Morgan fingerprint density at radius 1 is 1.39 bits per heavy atom. The van der Waals surface area contributed by atoms with Crippen LogP contribution in [0.2, 0.25) is 0 Å². The normalized spacial score (nSPS) is 20.5. The SMILES string of the molecule is COc1cc2nc3c(cc2cc1N)CN(C)/C3=C\C1=C(C=O)COC(=O)C1O. The fourth-order valence-electron chi connectivity index (χ4n) is 3.52. The lowest BCUT2D eigenvalue weighted by Crippen LogP contribution is -2.32. The topological polar surface area (TPSA) is 115 Å². The number of aromatic nitrogens is 1. The highest BCUT2D eigenvalue weighted by molar-refractivity contribution is 5.91. The Labute approximate surface area is 160 Å². The summed E-state index contributed by atoms with van der Waals surface area (Å²) in [7, 11) is 3.42. The van der Waals surface area contributed by atoms with Gasteiger partial charge in [0.1, 0.15) is 18.6 Å². The first-order valence-electron chi connectivity index (χ1n) is 8.66. The Kier molecular flexibility index (Phi) is 4.27. The van der Waals surface area contributed by atoms with Crippen molar-refractivity contribution in [2.45, 2.75) is 12.6 Å². The second kappa shape index (κ2) is 6.65. The molecule has 3 heterocycles. The quantitative estimate of drug-likeness (QED) is 0.460. The zero-order chi connectivity index (χ0) is 20.0. The molecule has 0 radical (unpaired) electrons. The van der Waals surface area contributed by atoms with Crippen molar-refractivity contribution in [3.05, 3.63) is 46.7 Å². The number of nitrogens with zero attached hydrogens (tertiary/aromatic N) is 2. The molecule has 8 nitrogen and oxygen atoms in total. The van der Waals surface area contributed by atoms with Crippen LogP contribution in [0.3, 0.4) is 0 Å². The van der Waals surface area contributed by atoms with Crippen molar-refractivity contribution in [2.75, 3.05) is 26.5 Å². The summed E-state index contributed by atoms with van der Waals surface area (Å²) in [5.41, 5.74) is 10.1. The van der Waals surface area contributed by atoms with Crippen LogP contribution < -0.4 is 10.5 Å². The number of ether oxygens (including phenoxy) is 2. The van der Waals surface area contributed by atoms with Crippen LogP contribution in [0.15, 0.2) is 35.4 Å². The second-order valence-electron chi connectivity index (χ2n) is 6.78. The maximum absolute atomic E-state index is 11.7. The third-order valence-electron chi connectivity index (χ3n) is 5.00. The Morgan fingerprint density at radius 3 is 2.89 bits per heavy atom. The van der Waals surface area contributed by atoms with Gasteiger partial charge in [0.05, 0.1) is 29.7 Å². The summed E-state index contributed by atoms with van der Waals surface area (Å²) < 4.78 is 10.1.